The van der Waals surface area contributed by atoms with Crippen LogP contribution in [0.3, 0.4) is 0 Å². The van der Waals surface area contributed by atoms with Gasteiger partial charge in [-0.05, 0) is 12.8 Å². The zero-order valence-electron chi connectivity index (χ0n) is 7.04. The molecule has 0 fully saturated rings. The van der Waals surface area contributed by atoms with Gasteiger partial charge >= 0.3 is 0 Å². The molecule has 0 aliphatic rings. The van der Waals surface area contributed by atoms with E-state index >= 15 is 0 Å². The van der Waals surface area contributed by atoms with Crippen LogP contribution in [0.15, 0.2) is 0 Å². The quantitative estimate of drug-likeness (QED) is 0.777. The maximum Gasteiger partial charge on any atom is 0.0428 e. The Morgan fingerprint density at radius 3 is 0.909 bits per heavy atom. The second kappa shape index (κ2) is 41.0. The monoisotopic (exact) mass is 370 g/mol. The van der Waals surface area contributed by atoms with E-state index in [1.54, 1.807) is 0 Å². The number of aliphatic hydroxyl groups is 2. The Hall–Kier alpha value is 1.76. The third-order valence-corrected chi connectivity index (χ3v) is 0.447. The van der Waals surface area contributed by atoms with Crippen LogP contribution in [0.5, 0.6) is 0 Å². The van der Waals surface area contributed by atoms with Crippen molar-refractivity contribution < 1.29 is 36.4 Å². The number of hydrogen-bond donors (Lipinski definition) is 2. The van der Waals surface area contributed by atoms with Crippen molar-refractivity contribution in [1.29, 1.82) is 0 Å². The van der Waals surface area contributed by atoms with Crippen LogP contribution in [-0.2, 0) is 26.2 Å². The van der Waals surface area contributed by atoms with Gasteiger partial charge in [-0.3, -0.25) is 0 Å². The Balaban J connectivity index is -0.0000000171. The van der Waals surface area contributed by atoms with Gasteiger partial charge in [0, 0.05) is 39.4 Å². The largest absolute Gasteiger partial charge is 0.396 e. The summed E-state index contributed by atoms with van der Waals surface area (Å²) in [5, 5.41) is 15.8. The van der Waals surface area contributed by atoms with Crippen molar-refractivity contribution >= 4 is 34.0 Å². The van der Waals surface area contributed by atoms with Gasteiger partial charge in [0.25, 0.3) is 0 Å². The van der Waals surface area contributed by atoms with Crippen molar-refractivity contribution in [3.63, 3.8) is 0 Å². The molecule has 0 aliphatic carbocycles. The van der Waals surface area contributed by atoms with Crippen molar-refractivity contribution in [2.24, 2.45) is 0 Å². The number of rotatable bonds is 2. The molecule has 0 unspecified atom stereocenters. The molecule has 0 spiro atoms. The third kappa shape index (κ3) is 79.2. The molecule has 11 heavy (non-hydrogen) atoms. The smallest absolute Gasteiger partial charge is 0.0428 e. The van der Waals surface area contributed by atoms with Crippen LogP contribution in [0.2, 0.25) is 0 Å². The first-order valence-electron chi connectivity index (χ1n) is 3.05. The molecule has 72 valence electrons. The van der Waals surface area contributed by atoms with Crippen molar-refractivity contribution in [3.8, 4) is 0 Å². The molecule has 0 atom stereocenters. The fourth-order valence-corrected chi connectivity index (χ4v) is 0. The molecule has 5 heteroatoms. The number of halogens is 2. The molecular weight excluding hydrogens is 355 g/mol. The molecule has 2 nitrogen and oxygen atoms in total. The minimum absolute atomic E-state index is 0. The fraction of sp³-hybridized carbons (Fsp3) is 1.00. The van der Waals surface area contributed by atoms with E-state index in [4.69, 9.17) is 10.2 Å². The summed E-state index contributed by atoms with van der Waals surface area (Å²) in [5.41, 5.74) is 0. The maximum absolute atomic E-state index is 7.88. The van der Waals surface area contributed by atoms with E-state index < -0.39 is 0 Å². The van der Waals surface area contributed by atoms with E-state index in [0.717, 1.165) is 12.8 Å². The minimum atomic E-state index is 0. The van der Waals surface area contributed by atoms with Crippen LogP contribution < -0.4 is 0 Å². The molecule has 0 bridgehead atoms. The van der Waals surface area contributed by atoms with E-state index in [1.807, 2.05) is 13.8 Å². The zero-order chi connectivity index (χ0) is 6.83. The molecule has 0 radical (unpaired) electrons. The van der Waals surface area contributed by atoms with Gasteiger partial charge in [-0.2, -0.15) is 0 Å². The Morgan fingerprint density at radius 2 is 0.909 bits per heavy atom. The first-order valence-corrected chi connectivity index (χ1v) is 3.05. The fourth-order valence-electron chi connectivity index (χ4n) is 0. The Morgan fingerprint density at radius 1 is 0.818 bits per heavy atom. The second-order valence-corrected chi connectivity index (χ2v) is 1.45. The van der Waals surface area contributed by atoms with Gasteiger partial charge in [0.1, 0.15) is 0 Å². The molecule has 0 aromatic heterocycles. The first-order chi connectivity index (χ1) is 3.83. The van der Waals surface area contributed by atoms with Gasteiger partial charge in [0.15, 0.2) is 0 Å². The molecule has 0 aromatic carbocycles. The van der Waals surface area contributed by atoms with E-state index in [0.29, 0.717) is 13.2 Å². The van der Waals surface area contributed by atoms with Gasteiger partial charge in [0.05, 0.1) is 0 Å². The molecule has 2 N–H and O–H groups in total. The average Bonchev–Trinajstić information content (AvgIpc) is 1.88. The first kappa shape index (κ1) is 29.3. The van der Waals surface area contributed by atoms with Crippen LogP contribution in [0, 0.1) is 0 Å². The van der Waals surface area contributed by atoms with E-state index in [1.165, 1.54) is 0 Å². The van der Waals surface area contributed by atoms with E-state index in [9.17, 15) is 0 Å². The van der Waals surface area contributed by atoms with E-state index in [-0.39, 0.29) is 60.2 Å². The van der Waals surface area contributed by atoms with Gasteiger partial charge in [-0.25, -0.2) is 0 Å². The number of aliphatic hydroxyl groups excluding tert-OH is 2. The predicted octanol–water partition coefficient (Wildman–Crippen LogP) is 1.93. The van der Waals surface area contributed by atoms with Crippen LogP contribution in [-0.4, -0.2) is 23.4 Å². The van der Waals surface area contributed by atoms with Crippen LogP contribution in [0.25, 0.3) is 0 Å². The van der Waals surface area contributed by atoms with Gasteiger partial charge in [-0.15, -0.1) is 34.0 Å². The summed E-state index contributed by atoms with van der Waals surface area (Å²) in [5.74, 6) is 0. The van der Waals surface area contributed by atoms with Crippen molar-refractivity contribution in [1.82, 2.24) is 0 Å². The Kier molecular flexibility index (Phi) is 109. The van der Waals surface area contributed by atoms with Gasteiger partial charge in [0.2, 0.25) is 0 Å². The molecule has 0 saturated heterocycles. The topological polar surface area (TPSA) is 40.5 Å². The SMILES string of the molecule is Br.Br.CCCO.CCCO.[Zr]. The van der Waals surface area contributed by atoms with Gasteiger partial charge in [-0.1, -0.05) is 13.8 Å². The minimum Gasteiger partial charge on any atom is -0.396 e. The van der Waals surface area contributed by atoms with Crippen LogP contribution in [0.1, 0.15) is 26.7 Å². The summed E-state index contributed by atoms with van der Waals surface area (Å²) in [6.07, 6.45) is 1.75. The molecule has 0 amide bonds. The Labute approximate surface area is 109 Å². The van der Waals surface area contributed by atoms with Crippen molar-refractivity contribution in [3.05, 3.63) is 0 Å². The summed E-state index contributed by atoms with van der Waals surface area (Å²) in [6, 6.07) is 0. The summed E-state index contributed by atoms with van der Waals surface area (Å²) < 4.78 is 0. The average molecular weight is 373 g/mol. The van der Waals surface area contributed by atoms with Crippen molar-refractivity contribution in [2.45, 2.75) is 26.7 Å². The van der Waals surface area contributed by atoms with Crippen LogP contribution in [0.4, 0.5) is 0 Å². The zero-order valence-corrected chi connectivity index (χ0v) is 12.9. The molecule has 0 aromatic rings. The summed E-state index contributed by atoms with van der Waals surface area (Å²) >= 11 is 0. The van der Waals surface area contributed by atoms with Crippen LogP contribution >= 0.6 is 34.0 Å². The summed E-state index contributed by atoms with van der Waals surface area (Å²) in [6.45, 7) is 4.50. The molecule has 0 aliphatic heterocycles. The molecule has 0 saturated carbocycles. The van der Waals surface area contributed by atoms with Gasteiger partial charge < -0.3 is 10.2 Å². The van der Waals surface area contributed by atoms with E-state index in [2.05, 4.69) is 0 Å². The second-order valence-electron chi connectivity index (χ2n) is 1.45. The molecule has 0 heterocycles. The normalized spacial score (nSPS) is 5.45. The third-order valence-electron chi connectivity index (χ3n) is 0.447. The predicted molar refractivity (Wildman–Crippen MR) is 55.4 cm³/mol. The molecular formula is C6H18Br2O2Zr. The van der Waals surface area contributed by atoms with Crippen molar-refractivity contribution in [2.75, 3.05) is 13.2 Å². The summed E-state index contributed by atoms with van der Waals surface area (Å²) in [4.78, 5) is 0. The Bertz CT molecular complexity index is 26.5. The number of hydrogen-bond acceptors (Lipinski definition) is 2. The summed E-state index contributed by atoms with van der Waals surface area (Å²) in [7, 11) is 0. The standard InChI is InChI=1S/2C3H8O.2BrH.Zr/c2*1-2-3-4;;;/h2*4H,2-3H2,1H3;2*1H;. The molecule has 0 rings (SSSR count). The maximum atomic E-state index is 7.88.